The minimum atomic E-state index is 0.818. The first kappa shape index (κ1) is 9.40. The van der Waals surface area contributed by atoms with Crippen LogP contribution in [0.4, 0.5) is 0 Å². The van der Waals surface area contributed by atoms with Crippen molar-refractivity contribution in [2.75, 3.05) is 0 Å². The minimum Gasteiger partial charge on any atom is -0.275 e. The highest BCUT2D eigenvalue weighted by Crippen LogP contribution is 2.22. The molecule has 3 nitrogen and oxygen atoms in total. The first-order valence-corrected chi connectivity index (χ1v) is 5.42. The van der Waals surface area contributed by atoms with Crippen LogP contribution in [0.15, 0.2) is 30.7 Å². The molecule has 0 saturated carbocycles. The van der Waals surface area contributed by atoms with Gasteiger partial charge in [0.25, 0.3) is 0 Å². The molecule has 0 saturated heterocycles. The average molecular weight is 252 g/mol. The SMILES string of the molecule is Cn1cc(CBr)c(-c2ccncc2)n1. The highest BCUT2D eigenvalue weighted by molar-refractivity contribution is 9.08. The second-order valence-electron chi connectivity index (χ2n) is 3.05. The third-order valence-corrected chi connectivity index (χ3v) is 2.61. The van der Waals surface area contributed by atoms with Crippen LogP contribution in [0, 0.1) is 0 Å². The molecule has 0 radical (unpaired) electrons. The van der Waals surface area contributed by atoms with Crippen LogP contribution in [0.3, 0.4) is 0 Å². The Morgan fingerprint density at radius 1 is 1.36 bits per heavy atom. The van der Waals surface area contributed by atoms with Crippen LogP contribution in [0.1, 0.15) is 5.56 Å². The third kappa shape index (κ3) is 1.70. The summed E-state index contributed by atoms with van der Waals surface area (Å²) in [7, 11) is 1.93. The van der Waals surface area contributed by atoms with Gasteiger partial charge in [0.05, 0.1) is 5.69 Å². The number of aromatic nitrogens is 3. The maximum absolute atomic E-state index is 4.41. The molecule has 0 spiro atoms. The van der Waals surface area contributed by atoms with Crippen molar-refractivity contribution in [2.24, 2.45) is 7.05 Å². The van der Waals surface area contributed by atoms with Crippen molar-refractivity contribution >= 4 is 15.9 Å². The van der Waals surface area contributed by atoms with Crippen LogP contribution >= 0.6 is 15.9 Å². The zero-order valence-corrected chi connectivity index (χ0v) is 9.40. The Morgan fingerprint density at radius 2 is 2.07 bits per heavy atom. The summed E-state index contributed by atoms with van der Waals surface area (Å²) in [6, 6.07) is 3.93. The largest absolute Gasteiger partial charge is 0.275 e. The van der Waals surface area contributed by atoms with Gasteiger partial charge < -0.3 is 0 Å². The fourth-order valence-corrected chi connectivity index (χ4v) is 1.80. The molecule has 0 atom stereocenters. The van der Waals surface area contributed by atoms with Gasteiger partial charge >= 0.3 is 0 Å². The minimum absolute atomic E-state index is 0.818. The molecule has 0 aliphatic rings. The summed E-state index contributed by atoms with van der Waals surface area (Å²) in [6.07, 6.45) is 5.58. The summed E-state index contributed by atoms with van der Waals surface area (Å²) < 4.78 is 1.83. The molecule has 2 aromatic heterocycles. The van der Waals surface area contributed by atoms with Crippen molar-refractivity contribution in [3.63, 3.8) is 0 Å². The van der Waals surface area contributed by atoms with Gasteiger partial charge in [0.15, 0.2) is 0 Å². The van der Waals surface area contributed by atoms with E-state index in [9.17, 15) is 0 Å². The van der Waals surface area contributed by atoms with Crippen LogP contribution in [0.5, 0.6) is 0 Å². The average Bonchev–Trinajstić information content (AvgIpc) is 2.61. The van der Waals surface area contributed by atoms with E-state index in [0.29, 0.717) is 0 Å². The molecule has 2 heterocycles. The van der Waals surface area contributed by atoms with Gasteiger partial charge in [-0.1, -0.05) is 15.9 Å². The highest BCUT2D eigenvalue weighted by Gasteiger charge is 2.07. The number of hydrogen-bond donors (Lipinski definition) is 0. The van der Waals surface area contributed by atoms with E-state index in [0.717, 1.165) is 16.6 Å². The molecule has 2 rings (SSSR count). The molecule has 0 fully saturated rings. The van der Waals surface area contributed by atoms with Crippen molar-refractivity contribution in [1.82, 2.24) is 14.8 Å². The van der Waals surface area contributed by atoms with E-state index in [1.165, 1.54) is 5.56 Å². The van der Waals surface area contributed by atoms with E-state index in [1.807, 2.05) is 30.1 Å². The van der Waals surface area contributed by atoms with Crippen LogP contribution in [-0.4, -0.2) is 14.8 Å². The highest BCUT2D eigenvalue weighted by atomic mass is 79.9. The maximum Gasteiger partial charge on any atom is 0.0964 e. The number of nitrogens with zero attached hydrogens (tertiary/aromatic N) is 3. The lowest BCUT2D eigenvalue weighted by atomic mass is 10.1. The van der Waals surface area contributed by atoms with Crippen LogP contribution in [0.2, 0.25) is 0 Å². The summed E-state index contributed by atoms with van der Waals surface area (Å²) in [5.41, 5.74) is 3.32. The van der Waals surface area contributed by atoms with E-state index >= 15 is 0 Å². The summed E-state index contributed by atoms with van der Waals surface area (Å²) in [6.45, 7) is 0. The smallest absolute Gasteiger partial charge is 0.0964 e. The van der Waals surface area contributed by atoms with Gasteiger partial charge in [-0.15, -0.1) is 0 Å². The Morgan fingerprint density at radius 3 is 2.71 bits per heavy atom. The lowest BCUT2D eigenvalue weighted by molar-refractivity contribution is 0.770. The monoisotopic (exact) mass is 251 g/mol. The summed E-state index contributed by atoms with van der Waals surface area (Å²) >= 11 is 3.45. The summed E-state index contributed by atoms with van der Waals surface area (Å²) in [5, 5.41) is 5.23. The summed E-state index contributed by atoms with van der Waals surface area (Å²) in [5.74, 6) is 0. The Hall–Kier alpha value is -1.16. The Kier molecular flexibility index (Phi) is 2.63. The van der Waals surface area contributed by atoms with Crippen molar-refractivity contribution in [3.05, 3.63) is 36.3 Å². The fraction of sp³-hybridized carbons (Fsp3) is 0.200. The molecular weight excluding hydrogens is 242 g/mol. The lowest BCUT2D eigenvalue weighted by Gasteiger charge is -1.97. The van der Waals surface area contributed by atoms with E-state index in [4.69, 9.17) is 0 Å². The van der Waals surface area contributed by atoms with Gasteiger partial charge in [-0.3, -0.25) is 9.67 Å². The molecule has 72 valence electrons. The van der Waals surface area contributed by atoms with Crippen molar-refractivity contribution in [1.29, 1.82) is 0 Å². The molecule has 0 aromatic carbocycles. The number of aryl methyl sites for hydroxylation is 1. The molecule has 14 heavy (non-hydrogen) atoms. The Balaban J connectivity index is 2.51. The zero-order chi connectivity index (χ0) is 9.97. The molecule has 4 heteroatoms. The van der Waals surface area contributed by atoms with Gasteiger partial charge in [-0.2, -0.15) is 5.10 Å². The number of pyridine rings is 1. The molecular formula is C10H10BrN3. The topological polar surface area (TPSA) is 30.7 Å². The quantitative estimate of drug-likeness (QED) is 0.768. The fourth-order valence-electron chi connectivity index (χ4n) is 1.39. The molecule has 0 amide bonds. The van der Waals surface area contributed by atoms with Gasteiger partial charge in [-0.05, 0) is 12.1 Å². The van der Waals surface area contributed by atoms with Gasteiger partial charge in [0, 0.05) is 42.1 Å². The second kappa shape index (κ2) is 3.92. The molecule has 0 aliphatic carbocycles. The molecule has 0 unspecified atom stereocenters. The normalized spacial score (nSPS) is 10.4. The summed E-state index contributed by atoms with van der Waals surface area (Å²) in [4.78, 5) is 3.99. The number of halogens is 1. The Labute approximate surface area is 90.9 Å². The van der Waals surface area contributed by atoms with Gasteiger partial charge in [0.1, 0.15) is 0 Å². The van der Waals surface area contributed by atoms with E-state index in [1.54, 1.807) is 12.4 Å². The first-order valence-electron chi connectivity index (χ1n) is 4.30. The number of alkyl halides is 1. The van der Waals surface area contributed by atoms with Crippen LogP contribution in [0.25, 0.3) is 11.3 Å². The molecule has 0 N–H and O–H groups in total. The molecule has 0 aliphatic heterocycles. The molecule has 0 bridgehead atoms. The number of rotatable bonds is 2. The lowest BCUT2D eigenvalue weighted by Crippen LogP contribution is -1.87. The van der Waals surface area contributed by atoms with Crippen LogP contribution in [-0.2, 0) is 12.4 Å². The van der Waals surface area contributed by atoms with Gasteiger partial charge in [0.2, 0.25) is 0 Å². The number of hydrogen-bond acceptors (Lipinski definition) is 2. The Bertz CT molecular complexity index is 422. The van der Waals surface area contributed by atoms with Crippen molar-refractivity contribution in [3.8, 4) is 11.3 Å². The van der Waals surface area contributed by atoms with Crippen LogP contribution < -0.4 is 0 Å². The van der Waals surface area contributed by atoms with Gasteiger partial charge in [-0.25, -0.2) is 0 Å². The zero-order valence-electron chi connectivity index (χ0n) is 7.81. The predicted molar refractivity (Wildman–Crippen MR) is 59.1 cm³/mol. The van der Waals surface area contributed by atoms with Crippen molar-refractivity contribution in [2.45, 2.75) is 5.33 Å². The maximum atomic E-state index is 4.41. The first-order chi connectivity index (χ1) is 6.81. The standard InChI is InChI=1S/C10H10BrN3/c1-14-7-9(6-11)10(13-14)8-2-4-12-5-3-8/h2-5,7H,6H2,1H3. The molecule has 2 aromatic rings. The van der Waals surface area contributed by atoms with E-state index in [-0.39, 0.29) is 0 Å². The second-order valence-corrected chi connectivity index (χ2v) is 3.61. The van der Waals surface area contributed by atoms with E-state index < -0.39 is 0 Å². The van der Waals surface area contributed by atoms with Crippen molar-refractivity contribution < 1.29 is 0 Å². The third-order valence-electron chi connectivity index (χ3n) is 2.00. The predicted octanol–water partition coefficient (Wildman–Crippen LogP) is 2.38. The van der Waals surface area contributed by atoms with E-state index in [2.05, 4.69) is 26.0 Å².